The van der Waals surface area contributed by atoms with Gasteiger partial charge in [0.05, 0.1) is 6.61 Å². The molecule has 0 aliphatic rings. The average molecular weight is 232 g/mol. The number of hydrogen-bond acceptors (Lipinski definition) is 5. The van der Waals surface area contributed by atoms with Crippen LogP contribution in [0.4, 0.5) is 0 Å². The fraction of sp³-hybridized carbons (Fsp3) is 0.444. The predicted octanol–water partition coefficient (Wildman–Crippen LogP) is 2.49. The minimum Gasteiger partial charge on any atom is -0.506 e. The summed E-state index contributed by atoms with van der Waals surface area (Å²) < 4.78 is 4.80. The zero-order chi connectivity index (χ0) is 10.6. The van der Waals surface area contributed by atoms with Crippen molar-refractivity contribution in [3.8, 4) is 5.75 Å². The molecule has 3 nitrogen and oxygen atoms in total. The summed E-state index contributed by atoms with van der Waals surface area (Å²) in [5.74, 6) is 0.386. The lowest BCUT2D eigenvalue weighted by molar-refractivity contribution is 0.0529. The minimum absolute atomic E-state index is 0.0255. The number of carbonyl (C=O) groups excluding carboxylic acids is 1. The Bertz CT molecular complexity index is 320. The largest absolute Gasteiger partial charge is 0.506 e. The van der Waals surface area contributed by atoms with E-state index in [-0.39, 0.29) is 5.75 Å². The van der Waals surface area contributed by atoms with Crippen LogP contribution in [0.3, 0.4) is 0 Å². The van der Waals surface area contributed by atoms with Crippen molar-refractivity contribution in [1.82, 2.24) is 0 Å². The molecule has 1 aromatic rings. The second-order valence-electron chi connectivity index (χ2n) is 2.58. The van der Waals surface area contributed by atoms with E-state index in [4.69, 9.17) is 4.74 Å². The number of esters is 1. The van der Waals surface area contributed by atoms with Gasteiger partial charge in [-0.2, -0.15) is 11.8 Å². The van der Waals surface area contributed by atoms with E-state index >= 15 is 0 Å². The summed E-state index contributed by atoms with van der Waals surface area (Å²) in [6, 6.07) is 1.62. The van der Waals surface area contributed by atoms with Crippen molar-refractivity contribution in [1.29, 1.82) is 0 Å². The molecule has 78 valence electrons. The number of ether oxygens (including phenoxy) is 1. The number of thioether (sulfide) groups is 1. The van der Waals surface area contributed by atoms with Gasteiger partial charge in [0, 0.05) is 10.6 Å². The molecule has 0 radical (unpaired) electrons. The molecule has 0 saturated heterocycles. The van der Waals surface area contributed by atoms with Gasteiger partial charge < -0.3 is 9.84 Å². The standard InChI is InChI=1S/C9H12O3S2/c1-3-12-9(11)8-7(10)4-6(14-8)5-13-2/h4,10H,3,5H2,1-2H3. The predicted molar refractivity (Wildman–Crippen MR) is 59.2 cm³/mol. The molecule has 0 atom stereocenters. The number of rotatable bonds is 4. The van der Waals surface area contributed by atoms with Gasteiger partial charge in [0.15, 0.2) is 4.88 Å². The summed E-state index contributed by atoms with van der Waals surface area (Å²) in [5.41, 5.74) is 0. The highest BCUT2D eigenvalue weighted by molar-refractivity contribution is 7.97. The van der Waals surface area contributed by atoms with Gasteiger partial charge in [0.25, 0.3) is 0 Å². The first kappa shape index (κ1) is 11.4. The smallest absolute Gasteiger partial charge is 0.352 e. The Balaban J connectivity index is 2.81. The van der Waals surface area contributed by atoms with Gasteiger partial charge in [-0.25, -0.2) is 4.79 Å². The summed E-state index contributed by atoms with van der Waals surface area (Å²) >= 11 is 2.94. The monoisotopic (exact) mass is 232 g/mol. The maximum Gasteiger partial charge on any atom is 0.352 e. The van der Waals surface area contributed by atoms with Gasteiger partial charge in [0.1, 0.15) is 5.75 Å². The first-order chi connectivity index (χ1) is 6.69. The first-order valence-electron chi connectivity index (χ1n) is 4.16. The second kappa shape index (κ2) is 5.26. The van der Waals surface area contributed by atoms with Crippen LogP contribution in [0.5, 0.6) is 5.75 Å². The third kappa shape index (κ3) is 2.65. The summed E-state index contributed by atoms with van der Waals surface area (Å²) in [7, 11) is 0. The van der Waals surface area contributed by atoms with Crippen LogP contribution < -0.4 is 0 Å². The number of thiophene rings is 1. The summed E-state index contributed by atoms with van der Waals surface area (Å²) in [5, 5.41) is 9.46. The molecule has 0 saturated carbocycles. The molecule has 1 N–H and O–H groups in total. The lowest BCUT2D eigenvalue weighted by Gasteiger charge is -1.97. The molecule has 0 spiro atoms. The van der Waals surface area contributed by atoms with Gasteiger partial charge in [-0.3, -0.25) is 0 Å². The summed E-state index contributed by atoms with van der Waals surface area (Å²) in [4.78, 5) is 12.6. The van der Waals surface area contributed by atoms with E-state index in [1.807, 2.05) is 6.26 Å². The molecule has 1 rings (SSSR count). The molecule has 5 heteroatoms. The summed E-state index contributed by atoms with van der Waals surface area (Å²) in [6.07, 6.45) is 1.97. The van der Waals surface area contributed by atoms with Crippen LogP contribution in [0.1, 0.15) is 21.5 Å². The van der Waals surface area contributed by atoms with Crippen LogP contribution in [-0.2, 0) is 10.5 Å². The Kier molecular flexibility index (Phi) is 4.28. The van der Waals surface area contributed by atoms with Gasteiger partial charge in [-0.05, 0) is 19.2 Å². The van der Waals surface area contributed by atoms with E-state index in [1.165, 1.54) is 11.3 Å². The zero-order valence-corrected chi connectivity index (χ0v) is 9.70. The van der Waals surface area contributed by atoms with Crippen LogP contribution in [0, 0.1) is 0 Å². The van der Waals surface area contributed by atoms with Crippen molar-refractivity contribution in [3.63, 3.8) is 0 Å². The van der Waals surface area contributed by atoms with Crippen molar-refractivity contribution in [3.05, 3.63) is 15.8 Å². The lowest BCUT2D eigenvalue weighted by atomic mass is 10.4. The molecular weight excluding hydrogens is 220 g/mol. The molecule has 0 aliphatic heterocycles. The fourth-order valence-electron chi connectivity index (χ4n) is 0.987. The molecule has 14 heavy (non-hydrogen) atoms. The maximum atomic E-state index is 11.3. The Labute approximate surface area is 91.1 Å². The highest BCUT2D eigenvalue weighted by atomic mass is 32.2. The topological polar surface area (TPSA) is 46.5 Å². The number of carbonyl (C=O) groups is 1. The molecule has 1 aromatic heterocycles. The van der Waals surface area contributed by atoms with Crippen molar-refractivity contribution < 1.29 is 14.6 Å². The van der Waals surface area contributed by atoms with Crippen LogP contribution in [0.2, 0.25) is 0 Å². The normalized spacial score (nSPS) is 10.1. The van der Waals surface area contributed by atoms with Crippen molar-refractivity contribution >= 4 is 29.1 Å². The van der Waals surface area contributed by atoms with Crippen LogP contribution >= 0.6 is 23.1 Å². The van der Waals surface area contributed by atoms with Gasteiger partial charge in [-0.15, -0.1) is 11.3 Å². The van der Waals surface area contributed by atoms with E-state index in [2.05, 4.69) is 0 Å². The maximum absolute atomic E-state index is 11.3. The molecule has 0 unspecified atom stereocenters. The number of aromatic hydroxyl groups is 1. The van der Waals surface area contributed by atoms with Crippen molar-refractivity contribution in [2.75, 3.05) is 12.9 Å². The van der Waals surface area contributed by atoms with Gasteiger partial charge in [-0.1, -0.05) is 0 Å². The van der Waals surface area contributed by atoms with E-state index in [0.29, 0.717) is 11.5 Å². The SMILES string of the molecule is CCOC(=O)c1sc(CSC)cc1O. The third-order valence-electron chi connectivity index (χ3n) is 1.51. The lowest BCUT2D eigenvalue weighted by Crippen LogP contribution is -2.01. The molecule has 1 heterocycles. The summed E-state index contributed by atoms with van der Waals surface area (Å²) in [6.45, 7) is 2.07. The molecule has 0 aliphatic carbocycles. The average Bonchev–Trinajstić information content (AvgIpc) is 2.48. The van der Waals surface area contributed by atoms with Crippen LogP contribution in [0.15, 0.2) is 6.07 Å². The molecule has 0 amide bonds. The van der Waals surface area contributed by atoms with E-state index in [0.717, 1.165) is 10.6 Å². The molecule has 0 fully saturated rings. The Morgan fingerprint density at radius 1 is 1.71 bits per heavy atom. The number of hydrogen-bond donors (Lipinski definition) is 1. The van der Waals surface area contributed by atoms with Crippen molar-refractivity contribution in [2.24, 2.45) is 0 Å². The van der Waals surface area contributed by atoms with Crippen LogP contribution in [0.25, 0.3) is 0 Å². The first-order valence-corrected chi connectivity index (χ1v) is 6.37. The van der Waals surface area contributed by atoms with Crippen molar-refractivity contribution in [2.45, 2.75) is 12.7 Å². The second-order valence-corrected chi connectivity index (χ2v) is 4.58. The Morgan fingerprint density at radius 3 is 3.00 bits per heavy atom. The highest BCUT2D eigenvalue weighted by Crippen LogP contribution is 2.30. The zero-order valence-electron chi connectivity index (χ0n) is 8.07. The quantitative estimate of drug-likeness (QED) is 0.810. The Morgan fingerprint density at radius 2 is 2.43 bits per heavy atom. The Hall–Kier alpha value is -0.680. The third-order valence-corrected chi connectivity index (χ3v) is 3.40. The molecule has 0 bridgehead atoms. The fourth-order valence-corrected chi connectivity index (χ4v) is 2.68. The van der Waals surface area contributed by atoms with Gasteiger partial charge in [0.2, 0.25) is 0 Å². The highest BCUT2D eigenvalue weighted by Gasteiger charge is 2.16. The molecule has 0 aromatic carbocycles. The van der Waals surface area contributed by atoms with Gasteiger partial charge >= 0.3 is 5.97 Å². The minimum atomic E-state index is -0.442. The van der Waals surface area contributed by atoms with E-state index < -0.39 is 5.97 Å². The van der Waals surface area contributed by atoms with E-state index in [9.17, 15) is 9.90 Å². The molecular formula is C9H12O3S2. The van der Waals surface area contributed by atoms with Crippen LogP contribution in [-0.4, -0.2) is 23.9 Å². The van der Waals surface area contributed by atoms with E-state index in [1.54, 1.807) is 24.8 Å².